The summed E-state index contributed by atoms with van der Waals surface area (Å²) < 4.78 is 4.95. The van der Waals surface area contributed by atoms with Gasteiger partial charge in [-0.3, -0.25) is 0 Å². The number of nitrogens with one attached hydrogen (secondary N) is 1. The van der Waals surface area contributed by atoms with Gasteiger partial charge in [0.2, 0.25) is 0 Å². The number of hydrogen-bond acceptors (Lipinski definition) is 2. The van der Waals surface area contributed by atoms with Crippen LogP contribution in [-0.4, -0.2) is 32.1 Å². The van der Waals surface area contributed by atoms with Gasteiger partial charge in [0.05, 0.1) is 0 Å². The fourth-order valence-corrected chi connectivity index (χ4v) is 5.20. The topological polar surface area (TPSA) is 15.3 Å². The molecule has 0 unspecified atom stereocenters. The second kappa shape index (κ2) is 9.66. The molecular weight excluding hydrogens is 352 g/mol. The predicted molar refractivity (Wildman–Crippen MR) is 110 cm³/mol. The monoisotopic (exact) mass is 382 g/mol. The fourth-order valence-electron chi connectivity index (χ4n) is 3.58. The zero-order valence-electron chi connectivity index (χ0n) is 16.3. The number of allylic oxidation sites excluding steroid dienone is 2. The van der Waals surface area contributed by atoms with Gasteiger partial charge in [-0.05, 0) is 0 Å². The molecule has 1 N–H and O–H groups in total. The summed E-state index contributed by atoms with van der Waals surface area (Å²) in [5.41, 5.74) is 5.96. The van der Waals surface area contributed by atoms with Gasteiger partial charge in [0.25, 0.3) is 0 Å². The molecule has 0 fully saturated rings. The van der Waals surface area contributed by atoms with Crippen molar-refractivity contribution in [2.24, 2.45) is 0 Å². The van der Waals surface area contributed by atoms with Crippen LogP contribution in [0, 0.1) is 0 Å². The van der Waals surface area contributed by atoms with Gasteiger partial charge in [-0.2, -0.15) is 0 Å². The van der Waals surface area contributed by atoms with Gasteiger partial charge in [-0.1, -0.05) is 0 Å². The zero-order valence-corrected chi connectivity index (χ0v) is 17.9. The first-order chi connectivity index (χ1) is 12.7. The summed E-state index contributed by atoms with van der Waals surface area (Å²) in [5, 5.41) is 2.81. The van der Waals surface area contributed by atoms with Crippen LogP contribution >= 0.6 is 0 Å². The molecule has 0 heterocycles. The Morgan fingerprint density at radius 1 is 1.12 bits per heavy atom. The van der Waals surface area contributed by atoms with E-state index < -0.39 is 0 Å². The Hall–Kier alpha value is -1.19. The maximum atomic E-state index is 3.74. The van der Waals surface area contributed by atoms with Crippen molar-refractivity contribution in [3.63, 3.8) is 0 Å². The standard InChI is InChI=1S/C19H20N.C4H10N.Ti/c1-14-18-7-5-4-6-16(18)10-11-19(14)17-9-8-15(12-17)13-20(2)3;1-2-3-4-5;/h4-8,10-12H,1,9,13H2,2-3H3;5H,2-4H2,1H3;/q;-1;+1. The first kappa shape index (κ1) is 19.6. The molecule has 136 valence electrons. The molecule has 0 spiro atoms. The van der Waals surface area contributed by atoms with Crippen molar-refractivity contribution in [1.82, 2.24) is 8.70 Å². The Labute approximate surface area is 167 Å². The van der Waals surface area contributed by atoms with Gasteiger partial charge in [0, 0.05) is 0 Å². The van der Waals surface area contributed by atoms with E-state index in [1.807, 2.05) is 0 Å². The first-order valence-corrected chi connectivity index (χ1v) is 11.6. The molecule has 2 nitrogen and oxygen atoms in total. The van der Waals surface area contributed by atoms with Gasteiger partial charge in [0.15, 0.2) is 0 Å². The zero-order chi connectivity index (χ0) is 18.4. The van der Waals surface area contributed by atoms with E-state index in [-0.39, 0.29) is 19.4 Å². The third kappa shape index (κ3) is 4.95. The Kier molecular flexibility index (Phi) is 7.27. The van der Waals surface area contributed by atoms with Crippen molar-refractivity contribution in [3.8, 4) is 0 Å². The molecule has 0 bridgehead atoms. The third-order valence-corrected chi connectivity index (χ3v) is 6.48. The van der Waals surface area contributed by atoms with Gasteiger partial charge >= 0.3 is 168 Å². The van der Waals surface area contributed by atoms with Crippen molar-refractivity contribution in [2.75, 3.05) is 27.2 Å². The average Bonchev–Trinajstić information content (AvgIpc) is 3.09. The van der Waals surface area contributed by atoms with Crippen LogP contribution < -0.4 is 3.80 Å². The van der Waals surface area contributed by atoms with Gasteiger partial charge < -0.3 is 0 Å². The van der Waals surface area contributed by atoms with E-state index in [0.717, 1.165) is 13.0 Å². The summed E-state index contributed by atoms with van der Waals surface area (Å²) in [6, 6.07) is 13.5. The summed E-state index contributed by atoms with van der Waals surface area (Å²) >= 11 is -0.145. The first-order valence-electron chi connectivity index (χ1n) is 9.70. The molecule has 0 saturated carbocycles. The average molecular weight is 382 g/mol. The minimum atomic E-state index is -0.145. The van der Waals surface area contributed by atoms with Crippen molar-refractivity contribution in [3.05, 3.63) is 65.3 Å². The van der Waals surface area contributed by atoms with E-state index in [9.17, 15) is 0 Å². The molecule has 26 heavy (non-hydrogen) atoms. The number of rotatable bonds is 9. The summed E-state index contributed by atoms with van der Waals surface area (Å²) in [6.45, 7) is 4.46. The normalized spacial score (nSPS) is 14.0. The van der Waals surface area contributed by atoms with E-state index in [2.05, 4.69) is 78.3 Å². The van der Waals surface area contributed by atoms with Crippen LogP contribution in [0.1, 0.15) is 37.3 Å². The SMILES string of the molecule is CCCC[NH][Ti][CH2]c1c(C2=CC(CN(C)C)=CC2)ccc2ccccc12. The predicted octanol–water partition coefficient (Wildman–Crippen LogP) is 5.00. The molecule has 2 aromatic rings. The van der Waals surface area contributed by atoms with Crippen LogP contribution in [-0.2, 0) is 24.1 Å². The molecule has 0 saturated heterocycles. The van der Waals surface area contributed by atoms with Crippen molar-refractivity contribution >= 4 is 16.3 Å². The van der Waals surface area contributed by atoms with Gasteiger partial charge in [0.1, 0.15) is 0 Å². The Morgan fingerprint density at radius 3 is 2.77 bits per heavy atom. The third-order valence-electron chi connectivity index (χ3n) is 4.87. The van der Waals surface area contributed by atoms with E-state index in [1.165, 1.54) is 51.6 Å². The molecule has 3 rings (SSSR count). The Morgan fingerprint density at radius 2 is 1.96 bits per heavy atom. The summed E-state index contributed by atoms with van der Waals surface area (Å²) in [6.07, 6.45) is 8.43. The molecule has 0 aliphatic heterocycles. The number of likely N-dealkylation sites (N-methyl/N-ethyl adjacent to an activating group) is 1. The van der Waals surface area contributed by atoms with Gasteiger partial charge in [-0.15, -0.1) is 0 Å². The van der Waals surface area contributed by atoms with Crippen LogP contribution in [0.2, 0.25) is 0 Å². The van der Waals surface area contributed by atoms with Crippen LogP contribution in [0.5, 0.6) is 0 Å². The molecular formula is C23H30N2Ti. The molecule has 0 aromatic heterocycles. The molecule has 1 aliphatic rings. The molecule has 0 amide bonds. The van der Waals surface area contributed by atoms with Crippen LogP contribution in [0.3, 0.4) is 0 Å². The summed E-state index contributed by atoms with van der Waals surface area (Å²) in [4.78, 5) is 2.25. The van der Waals surface area contributed by atoms with Crippen LogP contribution in [0.15, 0.2) is 54.1 Å². The van der Waals surface area contributed by atoms with Crippen LogP contribution in [0.4, 0.5) is 0 Å². The number of benzene rings is 2. The number of fused-ring (bicyclic) bond motifs is 1. The number of nitrogens with zero attached hydrogens (tertiary/aromatic N) is 1. The molecule has 3 heteroatoms. The Balaban J connectivity index is 1.86. The van der Waals surface area contributed by atoms with Crippen molar-refractivity contribution in [2.45, 2.75) is 30.9 Å². The number of unbranched alkanes of at least 4 members (excludes halogenated alkanes) is 1. The van der Waals surface area contributed by atoms with E-state index in [1.54, 1.807) is 5.56 Å². The van der Waals surface area contributed by atoms with E-state index in [4.69, 9.17) is 0 Å². The quantitative estimate of drug-likeness (QED) is 0.485. The molecule has 0 radical (unpaired) electrons. The van der Waals surface area contributed by atoms with E-state index in [0.29, 0.717) is 0 Å². The van der Waals surface area contributed by atoms with Crippen LogP contribution in [0.25, 0.3) is 16.3 Å². The Bertz CT molecular complexity index is 805. The number of hydrogen-bond donors (Lipinski definition) is 1. The summed E-state index contributed by atoms with van der Waals surface area (Å²) in [5.74, 6) is 0. The molecule has 2 aromatic carbocycles. The van der Waals surface area contributed by atoms with Crippen molar-refractivity contribution < 1.29 is 19.4 Å². The summed E-state index contributed by atoms with van der Waals surface area (Å²) in [7, 11) is 4.28. The van der Waals surface area contributed by atoms with E-state index >= 15 is 0 Å². The fraction of sp³-hybridized carbons (Fsp3) is 0.391. The molecule has 0 atom stereocenters. The maximum absolute atomic E-state index is 3.74. The van der Waals surface area contributed by atoms with Crippen molar-refractivity contribution in [1.29, 1.82) is 0 Å². The van der Waals surface area contributed by atoms with Gasteiger partial charge in [-0.25, -0.2) is 0 Å². The minimum absolute atomic E-state index is 0.145. The second-order valence-electron chi connectivity index (χ2n) is 7.34. The second-order valence-corrected chi connectivity index (χ2v) is 8.99. The molecule has 1 aliphatic carbocycles.